The van der Waals surface area contributed by atoms with Crippen LogP contribution in [0.25, 0.3) is 10.9 Å². The van der Waals surface area contributed by atoms with Crippen molar-refractivity contribution in [1.29, 1.82) is 0 Å². The van der Waals surface area contributed by atoms with Crippen LogP contribution in [-0.4, -0.2) is 51.2 Å². The second kappa shape index (κ2) is 6.63. The molecule has 23 heavy (non-hydrogen) atoms. The lowest BCUT2D eigenvalue weighted by Gasteiger charge is -2.10. The predicted octanol–water partition coefficient (Wildman–Crippen LogP) is 2.07. The predicted molar refractivity (Wildman–Crippen MR) is 94.3 cm³/mol. The minimum atomic E-state index is -3.11. The highest BCUT2D eigenvalue weighted by Crippen LogP contribution is 2.32. The quantitative estimate of drug-likeness (QED) is 0.849. The van der Waals surface area contributed by atoms with Crippen molar-refractivity contribution in [3.8, 4) is 0 Å². The van der Waals surface area contributed by atoms with E-state index in [-0.39, 0.29) is 5.75 Å². The molecular formula is C17H25N3O2S. The Morgan fingerprint density at radius 1 is 1.39 bits per heavy atom. The number of nitrogens with one attached hydrogen (secondary N) is 2. The first-order valence-corrected chi connectivity index (χ1v) is 9.83. The lowest BCUT2D eigenvalue weighted by molar-refractivity contribution is 0.412. The zero-order valence-electron chi connectivity index (χ0n) is 13.8. The molecule has 5 nitrogen and oxygen atoms in total. The second-order valence-electron chi connectivity index (χ2n) is 6.50. The molecule has 0 amide bonds. The Bertz CT molecular complexity index is 782. The van der Waals surface area contributed by atoms with Crippen LogP contribution in [-0.2, 0) is 16.4 Å². The molecular weight excluding hydrogens is 310 g/mol. The molecule has 1 fully saturated rings. The normalized spacial score (nSPS) is 19.7. The van der Waals surface area contributed by atoms with Gasteiger partial charge in [0, 0.05) is 23.6 Å². The van der Waals surface area contributed by atoms with Crippen molar-refractivity contribution in [2.75, 3.05) is 32.9 Å². The van der Waals surface area contributed by atoms with Crippen LogP contribution in [0.4, 0.5) is 0 Å². The molecule has 2 N–H and O–H groups in total. The summed E-state index contributed by atoms with van der Waals surface area (Å²) in [4.78, 5) is 5.74. The summed E-state index contributed by atoms with van der Waals surface area (Å²) < 4.78 is 25.4. The molecule has 0 saturated carbocycles. The molecule has 1 aromatic carbocycles. The summed E-state index contributed by atoms with van der Waals surface area (Å²) in [6, 6.07) is 6.43. The van der Waals surface area contributed by atoms with Crippen molar-refractivity contribution in [3.63, 3.8) is 0 Å². The number of aromatic nitrogens is 1. The molecule has 3 rings (SSSR count). The largest absolute Gasteiger partial charge is 0.361 e. The zero-order chi connectivity index (χ0) is 16.4. The van der Waals surface area contributed by atoms with Gasteiger partial charge in [0.1, 0.15) is 0 Å². The first-order valence-electron chi connectivity index (χ1n) is 8.18. The highest BCUT2D eigenvalue weighted by Gasteiger charge is 2.23. The number of hydrogen-bond donors (Lipinski definition) is 2. The van der Waals surface area contributed by atoms with Gasteiger partial charge in [-0.15, -0.1) is 0 Å². The van der Waals surface area contributed by atoms with Gasteiger partial charge in [-0.3, -0.25) is 0 Å². The number of rotatable bonds is 6. The first-order chi connectivity index (χ1) is 11.0. The summed E-state index contributed by atoms with van der Waals surface area (Å²) in [5.41, 5.74) is 3.77. The van der Waals surface area contributed by atoms with Crippen LogP contribution in [0.5, 0.6) is 0 Å². The Morgan fingerprint density at radius 2 is 2.22 bits per heavy atom. The van der Waals surface area contributed by atoms with Crippen molar-refractivity contribution in [3.05, 3.63) is 35.5 Å². The number of hydrogen-bond acceptors (Lipinski definition) is 3. The summed E-state index contributed by atoms with van der Waals surface area (Å²) in [5.74, 6) is 0.767. The Balaban J connectivity index is 1.75. The Hall–Kier alpha value is -1.37. The molecule has 1 aliphatic heterocycles. The smallest absolute Gasteiger partial charge is 0.211 e. The highest BCUT2D eigenvalue weighted by atomic mass is 32.2. The second-order valence-corrected chi connectivity index (χ2v) is 8.54. The van der Waals surface area contributed by atoms with Gasteiger partial charge in [0.05, 0.1) is 5.75 Å². The van der Waals surface area contributed by atoms with Gasteiger partial charge in [-0.1, -0.05) is 6.07 Å². The summed E-state index contributed by atoms with van der Waals surface area (Å²) in [7, 11) is 0.523. The minimum Gasteiger partial charge on any atom is -0.361 e. The van der Waals surface area contributed by atoms with Crippen LogP contribution in [0.15, 0.2) is 24.4 Å². The summed E-state index contributed by atoms with van der Waals surface area (Å²) in [6.45, 7) is 2.26. The van der Waals surface area contributed by atoms with E-state index in [0.717, 1.165) is 19.5 Å². The maximum absolute atomic E-state index is 11.5. The molecule has 1 atom stereocenters. The number of aryl methyl sites for hydroxylation is 1. The Morgan fingerprint density at radius 3 is 2.91 bits per heavy atom. The number of sulfonamides is 1. The van der Waals surface area contributed by atoms with E-state index in [1.54, 1.807) is 0 Å². The van der Waals surface area contributed by atoms with E-state index in [9.17, 15) is 8.42 Å². The SMILES string of the molecule is CNS(=O)(=O)CCCc1ccc2[nH]cc(C3CCN(C)C3)c2c1. The van der Waals surface area contributed by atoms with Crippen LogP contribution < -0.4 is 4.72 Å². The fourth-order valence-electron chi connectivity index (χ4n) is 3.44. The van der Waals surface area contributed by atoms with Crippen molar-refractivity contribution >= 4 is 20.9 Å². The van der Waals surface area contributed by atoms with Gasteiger partial charge >= 0.3 is 0 Å². The van der Waals surface area contributed by atoms with E-state index < -0.39 is 10.0 Å². The van der Waals surface area contributed by atoms with Gasteiger partial charge in [-0.05, 0) is 69.1 Å². The van der Waals surface area contributed by atoms with Crippen molar-refractivity contribution in [2.45, 2.75) is 25.2 Å². The van der Waals surface area contributed by atoms with Gasteiger partial charge in [0.2, 0.25) is 10.0 Å². The minimum absolute atomic E-state index is 0.176. The maximum atomic E-state index is 11.5. The first kappa shape index (κ1) is 16.5. The zero-order valence-corrected chi connectivity index (χ0v) is 14.6. The van der Waals surface area contributed by atoms with Crippen molar-refractivity contribution in [1.82, 2.24) is 14.6 Å². The lowest BCUT2D eigenvalue weighted by atomic mass is 9.96. The molecule has 126 valence electrons. The fraction of sp³-hybridized carbons (Fsp3) is 0.529. The highest BCUT2D eigenvalue weighted by molar-refractivity contribution is 7.89. The molecule has 0 radical (unpaired) electrons. The van der Waals surface area contributed by atoms with Crippen molar-refractivity contribution in [2.24, 2.45) is 0 Å². The number of benzene rings is 1. The van der Waals surface area contributed by atoms with E-state index in [0.29, 0.717) is 12.3 Å². The molecule has 2 heterocycles. The van der Waals surface area contributed by atoms with E-state index in [4.69, 9.17) is 0 Å². The van der Waals surface area contributed by atoms with Crippen molar-refractivity contribution < 1.29 is 8.42 Å². The van der Waals surface area contributed by atoms with Crippen LogP contribution in [0.3, 0.4) is 0 Å². The monoisotopic (exact) mass is 335 g/mol. The van der Waals surface area contributed by atoms with Gasteiger partial charge < -0.3 is 9.88 Å². The van der Waals surface area contributed by atoms with E-state index >= 15 is 0 Å². The molecule has 0 aliphatic carbocycles. The number of fused-ring (bicyclic) bond motifs is 1. The van der Waals surface area contributed by atoms with Crippen LogP contribution in [0, 0.1) is 0 Å². The molecule has 1 aliphatic rings. The molecule has 2 aromatic rings. The van der Waals surface area contributed by atoms with Gasteiger partial charge in [0.15, 0.2) is 0 Å². The number of likely N-dealkylation sites (tertiary alicyclic amines) is 1. The average molecular weight is 335 g/mol. The maximum Gasteiger partial charge on any atom is 0.211 e. The molecule has 1 unspecified atom stereocenters. The van der Waals surface area contributed by atoms with E-state index in [1.165, 1.54) is 35.5 Å². The summed E-state index contributed by atoms with van der Waals surface area (Å²) in [5, 5.41) is 1.29. The number of nitrogens with zero attached hydrogens (tertiary/aromatic N) is 1. The van der Waals surface area contributed by atoms with E-state index in [2.05, 4.69) is 46.0 Å². The van der Waals surface area contributed by atoms with Crippen LogP contribution in [0.1, 0.15) is 29.9 Å². The topological polar surface area (TPSA) is 65.2 Å². The lowest BCUT2D eigenvalue weighted by Crippen LogP contribution is -2.22. The Kier molecular flexibility index (Phi) is 4.75. The number of aromatic amines is 1. The third-order valence-corrected chi connectivity index (χ3v) is 6.25. The standard InChI is InChI=1S/C17H25N3O2S/c1-18-23(21,22)9-3-4-13-5-6-17-15(10-13)16(11-19-17)14-7-8-20(2)12-14/h5-6,10-11,14,18-19H,3-4,7-9,12H2,1-2H3. The average Bonchev–Trinajstić information content (AvgIpc) is 3.12. The molecule has 1 aromatic heterocycles. The molecule has 1 saturated heterocycles. The molecule has 6 heteroatoms. The van der Waals surface area contributed by atoms with Gasteiger partial charge in [-0.25, -0.2) is 13.1 Å². The van der Waals surface area contributed by atoms with Gasteiger partial charge in [-0.2, -0.15) is 0 Å². The summed E-state index contributed by atoms with van der Waals surface area (Å²) in [6.07, 6.45) is 4.77. The molecule has 0 bridgehead atoms. The third kappa shape index (κ3) is 3.76. The third-order valence-electron chi connectivity index (χ3n) is 4.80. The number of likely N-dealkylation sites (N-methyl/N-ethyl adjacent to an activating group) is 1. The van der Waals surface area contributed by atoms with Crippen LogP contribution >= 0.6 is 0 Å². The van der Waals surface area contributed by atoms with Crippen LogP contribution in [0.2, 0.25) is 0 Å². The fourth-order valence-corrected chi connectivity index (χ4v) is 4.17. The molecule has 0 spiro atoms. The summed E-state index contributed by atoms with van der Waals surface area (Å²) >= 11 is 0. The Labute approximate surface area is 138 Å². The number of H-pyrrole nitrogens is 1. The van der Waals surface area contributed by atoms with E-state index in [1.807, 2.05) is 0 Å². The van der Waals surface area contributed by atoms with Gasteiger partial charge in [0.25, 0.3) is 0 Å².